The van der Waals surface area contributed by atoms with Crippen molar-refractivity contribution in [2.24, 2.45) is 5.92 Å². The molecule has 8 nitrogen and oxygen atoms in total. The fourth-order valence-electron chi connectivity index (χ4n) is 5.84. The Labute approximate surface area is 226 Å². The Morgan fingerprint density at radius 2 is 1.55 bits per heavy atom. The van der Waals surface area contributed by atoms with Crippen LogP contribution in [-0.4, -0.2) is 68.0 Å². The summed E-state index contributed by atoms with van der Waals surface area (Å²) in [6.07, 6.45) is 5.71. The molecule has 1 saturated carbocycles. The van der Waals surface area contributed by atoms with Gasteiger partial charge in [-0.25, -0.2) is 17.9 Å². The summed E-state index contributed by atoms with van der Waals surface area (Å²) >= 11 is 0. The zero-order valence-electron chi connectivity index (χ0n) is 22.0. The third kappa shape index (κ3) is 5.84. The summed E-state index contributed by atoms with van der Waals surface area (Å²) in [7, 11) is -3.67. The second-order valence-electron chi connectivity index (χ2n) is 11.3. The minimum atomic E-state index is -3.67. The van der Waals surface area contributed by atoms with Crippen LogP contribution in [0.15, 0.2) is 47.4 Å². The van der Waals surface area contributed by atoms with Crippen LogP contribution in [0, 0.1) is 5.92 Å². The zero-order valence-corrected chi connectivity index (χ0v) is 22.8. The summed E-state index contributed by atoms with van der Waals surface area (Å²) in [5.41, 5.74) is 3.64. The molecule has 2 aromatic rings. The van der Waals surface area contributed by atoms with Gasteiger partial charge in [-0.05, 0) is 73.3 Å². The van der Waals surface area contributed by atoms with Gasteiger partial charge >= 0.3 is 6.03 Å². The Morgan fingerprint density at radius 1 is 0.895 bits per heavy atom. The van der Waals surface area contributed by atoms with E-state index in [2.05, 4.69) is 33.9 Å². The standard InChI is InChI=1S/C29H38N4O4S/c34-29(32-13-3-4-14-32)33-15-11-22(12-16-33)21-37-27-10-7-23(17-28(27)38(35,36)30-26-8-9-26)18-31-19-24-5-1-2-6-25(24)20-31/h1-2,5-7,10,17,22,26,30H,3-4,8-9,11-16,18-21H2. The Bertz CT molecular complexity index is 1240. The van der Waals surface area contributed by atoms with Gasteiger partial charge in [0.25, 0.3) is 0 Å². The van der Waals surface area contributed by atoms with Gasteiger partial charge in [0.2, 0.25) is 10.0 Å². The molecular formula is C29H38N4O4S. The number of fused-ring (bicyclic) bond motifs is 1. The number of ether oxygens (including phenoxy) is 1. The Hall–Kier alpha value is -2.62. The first kappa shape index (κ1) is 25.6. The molecule has 3 aliphatic heterocycles. The third-order valence-corrected chi connectivity index (χ3v) is 9.79. The van der Waals surface area contributed by atoms with Crippen molar-refractivity contribution in [1.29, 1.82) is 0 Å². The van der Waals surface area contributed by atoms with Crippen LogP contribution in [0.25, 0.3) is 0 Å². The van der Waals surface area contributed by atoms with Gasteiger partial charge in [-0.1, -0.05) is 30.3 Å². The van der Waals surface area contributed by atoms with Crippen LogP contribution < -0.4 is 9.46 Å². The van der Waals surface area contributed by atoms with Crippen LogP contribution in [0.2, 0.25) is 0 Å². The number of sulfonamides is 1. The molecule has 204 valence electrons. The van der Waals surface area contributed by atoms with Crippen molar-refractivity contribution < 1.29 is 17.9 Å². The highest BCUT2D eigenvalue weighted by Gasteiger charge is 2.32. The molecule has 0 aromatic heterocycles. The van der Waals surface area contributed by atoms with E-state index in [4.69, 9.17) is 4.74 Å². The monoisotopic (exact) mass is 538 g/mol. The van der Waals surface area contributed by atoms with Crippen LogP contribution >= 0.6 is 0 Å². The van der Waals surface area contributed by atoms with Crippen LogP contribution in [0.4, 0.5) is 4.79 Å². The third-order valence-electron chi connectivity index (χ3n) is 8.25. The van der Waals surface area contributed by atoms with Crippen molar-refractivity contribution in [3.63, 3.8) is 0 Å². The molecule has 0 spiro atoms. The maximum absolute atomic E-state index is 13.3. The Balaban J connectivity index is 1.10. The van der Waals surface area contributed by atoms with E-state index in [1.807, 2.05) is 21.9 Å². The lowest BCUT2D eigenvalue weighted by Crippen LogP contribution is -2.46. The van der Waals surface area contributed by atoms with E-state index >= 15 is 0 Å². The molecule has 0 atom stereocenters. The second kappa shape index (κ2) is 10.9. The quantitative estimate of drug-likeness (QED) is 0.551. The van der Waals surface area contributed by atoms with Crippen molar-refractivity contribution in [3.05, 3.63) is 59.2 Å². The minimum absolute atomic E-state index is 0.0297. The van der Waals surface area contributed by atoms with Crippen LogP contribution in [0.3, 0.4) is 0 Å². The molecule has 9 heteroatoms. The van der Waals surface area contributed by atoms with Crippen LogP contribution in [0.5, 0.6) is 5.75 Å². The summed E-state index contributed by atoms with van der Waals surface area (Å²) in [5.74, 6) is 0.717. The normalized spacial score (nSPS) is 20.6. The predicted molar refractivity (Wildman–Crippen MR) is 145 cm³/mol. The summed E-state index contributed by atoms with van der Waals surface area (Å²) in [4.78, 5) is 19.2. The van der Waals surface area contributed by atoms with Crippen molar-refractivity contribution in [2.45, 2.75) is 69.1 Å². The number of hydrogen-bond acceptors (Lipinski definition) is 5. The maximum atomic E-state index is 13.3. The zero-order chi connectivity index (χ0) is 26.1. The molecule has 38 heavy (non-hydrogen) atoms. The molecule has 6 rings (SSSR count). The largest absolute Gasteiger partial charge is 0.492 e. The van der Waals surface area contributed by atoms with Gasteiger partial charge in [0.1, 0.15) is 10.6 Å². The first-order chi connectivity index (χ1) is 18.4. The average Bonchev–Trinajstić information content (AvgIpc) is 3.38. The molecule has 2 amide bonds. The number of benzene rings is 2. The number of carbonyl (C=O) groups excluding carboxylic acids is 1. The highest BCUT2D eigenvalue weighted by Crippen LogP contribution is 2.31. The molecule has 0 unspecified atom stereocenters. The molecule has 3 heterocycles. The molecule has 2 aromatic carbocycles. The smallest absolute Gasteiger partial charge is 0.319 e. The number of amides is 2. The Kier molecular flexibility index (Phi) is 7.33. The Morgan fingerprint density at radius 3 is 2.21 bits per heavy atom. The number of hydrogen-bond donors (Lipinski definition) is 1. The number of likely N-dealkylation sites (tertiary alicyclic amines) is 2. The number of nitrogens with one attached hydrogen (secondary N) is 1. The molecular weight excluding hydrogens is 500 g/mol. The number of piperidine rings is 1. The van der Waals surface area contributed by atoms with E-state index in [0.29, 0.717) is 24.8 Å². The van der Waals surface area contributed by atoms with Gasteiger partial charge in [-0.2, -0.15) is 0 Å². The van der Waals surface area contributed by atoms with Gasteiger partial charge in [-0.15, -0.1) is 0 Å². The van der Waals surface area contributed by atoms with E-state index in [0.717, 1.165) is 83.4 Å². The van der Waals surface area contributed by atoms with E-state index in [1.165, 1.54) is 11.1 Å². The van der Waals surface area contributed by atoms with Gasteiger partial charge in [0, 0.05) is 51.9 Å². The van der Waals surface area contributed by atoms with Crippen molar-refractivity contribution in [3.8, 4) is 5.75 Å². The highest BCUT2D eigenvalue weighted by molar-refractivity contribution is 7.89. The number of nitrogens with zero attached hydrogens (tertiary/aromatic N) is 3. The molecule has 4 aliphatic rings. The lowest BCUT2D eigenvalue weighted by atomic mass is 9.98. The van der Waals surface area contributed by atoms with Crippen molar-refractivity contribution >= 4 is 16.1 Å². The molecule has 1 aliphatic carbocycles. The van der Waals surface area contributed by atoms with E-state index in [-0.39, 0.29) is 17.0 Å². The lowest BCUT2D eigenvalue weighted by molar-refractivity contribution is 0.123. The van der Waals surface area contributed by atoms with Gasteiger partial charge in [-0.3, -0.25) is 4.90 Å². The van der Waals surface area contributed by atoms with Gasteiger partial charge < -0.3 is 14.5 Å². The average molecular weight is 539 g/mol. The topological polar surface area (TPSA) is 82.2 Å². The SMILES string of the molecule is O=C(N1CCCC1)N1CCC(COc2ccc(CN3Cc4ccccc4C3)cc2S(=O)(=O)NC2CC2)CC1. The maximum Gasteiger partial charge on any atom is 0.319 e. The first-order valence-electron chi connectivity index (χ1n) is 14.1. The molecule has 2 saturated heterocycles. The van der Waals surface area contributed by atoms with Gasteiger partial charge in [0.05, 0.1) is 6.61 Å². The first-order valence-corrected chi connectivity index (χ1v) is 15.5. The summed E-state index contributed by atoms with van der Waals surface area (Å²) in [5, 5.41) is 0. The summed E-state index contributed by atoms with van der Waals surface area (Å²) < 4.78 is 35.6. The minimum Gasteiger partial charge on any atom is -0.492 e. The number of urea groups is 1. The van der Waals surface area contributed by atoms with Crippen molar-refractivity contribution in [2.75, 3.05) is 32.8 Å². The fraction of sp³-hybridized carbons (Fsp3) is 0.552. The predicted octanol–water partition coefficient (Wildman–Crippen LogP) is 3.95. The van der Waals surface area contributed by atoms with E-state index < -0.39 is 10.0 Å². The molecule has 3 fully saturated rings. The molecule has 1 N–H and O–H groups in total. The number of rotatable bonds is 8. The molecule has 0 bridgehead atoms. The van der Waals surface area contributed by atoms with Crippen molar-refractivity contribution in [1.82, 2.24) is 19.4 Å². The van der Waals surface area contributed by atoms with Crippen LogP contribution in [0.1, 0.15) is 55.2 Å². The summed E-state index contributed by atoms with van der Waals surface area (Å²) in [6.45, 7) is 6.09. The second-order valence-corrected chi connectivity index (χ2v) is 13.0. The fourth-order valence-corrected chi connectivity index (χ4v) is 7.34. The van der Waals surface area contributed by atoms with E-state index in [1.54, 1.807) is 6.07 Å². The lowest BCUT2D eigenvalue weighted by Gasteiger charge is -2.34. The summed E-state index contributed by atoms with van der Waals surface area (Å²) in [6, 6.07) is 14.3. The van der Waals surface area contributed by atoms with E-state index in [9.17, 15) is 13.2 Å². The molecule has 0 radical (unpaired) electrons. The van der Waals surface area contributed by atoms with Gasteiger partial charge in [0.15, 0.2) is 0 Å². The van der Waals surface area contributed by atoms with Crippen LogP contribution in [-0.2, 0) is 29.7 Å². The number of carbonyl (C=O) groups is 1. The highest BCUT2D eigenvalue weighted by atomic mass is 32.2.